The van der Waals surface area contributed by atoms with Crippen LogP contribution in [-0.2, 0) is 9.31 Å². The number of hydrogen-bond donors (Lipinski definition) is 0. The first-order chi connectivity index (χ1) is 11.2. The Bertz CT molecular complexity index is 608. The largest absolute Gasteiger partial charge is 0.494 e. The molecular weight excluding hydrogens is 303 g/mol. The minimum Gasteiger partial charge on any atom is -0.399 e. The highest BCUT2D eigenvalue weighted by atomic mass is 16.7. The first-order valence-corrected chi connectivity index (χ1v) is 8.63. The second-order valence-corrected chi connectivity index (χ2v) is 7.81. The van der Waals surface area contributed by atoms with Crippen molar-refractivity contribution in [3.8, 4) is 0 Å². The molecule has 1 amide bonds. The zero-order valence-electron chi connectivity index (χ0n) is 15.3. The van der Waals surface area contributed by atoms with E-state index in [9.17, 15) is 4.79 Å². The molecule has 2 fully saturated rings. The van der Waals surface area contributed by atoms with Crippen molar-refractivity contribution in [3.05, 3.63) is 29.8 Å². The monoisotopic (exact) mass is 330 g/mol. The Morgan fingerprint density at radius 1 is 1.04 bits per heavy atom. The molecule has 0 radical (unpaired) electrons. The molecule has 0 N–H and O–H groups in total. The van der Waals surface area contributed by atoms with Crippen molar-refractivity contribution in [1.82, 2.24) is 9.80 Å². The summed E-state index contributed by atoms with van der Waals surface area (Å²) in [5.74, 6) is 0.0847. The van der Waals surface area contributed by atoms with E-state index in [4.69, 9.17) is 9.31 Å². The van der Waals surface area contributed by atoms with Crippen molar-refractivity contribution >= 4 is 18.5 Å². The van der Waals surface area contributed by atoms with Crippen molar-refractivity contribution in [1.29, 1.82) is 0 Å². The van der Waals surface area contributed by atoms with Gasteiger partial charge in [0.25, 0.3) is 5.91 Å². The molecule has 0 atom stereocenters. The summed E-state index contributed by atoms with van der Waals surface area (Å²) in [4.78, 5) is 16.9. The van der Waals surface area contributed by atoms with E-state index in [1.54, 1.807) is 0 Å². The van der Waals surface area contributed by atoms with E-state index in [0.717, 1.165) is 31.6 Å². The molecule has 130 valence electrons. The number of carbonyl (C=O) groups excluding carboxylic acids is 1. The van der Waals surface area contributed by atoms with E-state index in [-0.39, 0.29) is 17.1 Å². The minimum atomic E-state index is -0.435. The average Bonchev–Trinajstić information content (AvgIpc) is 2.76. The van der Waals surface area contributed by atoms with Gasteiger partial charge in [-0.25, -0.2) is 0 Å². The molecule has 6 heteroatoms. The maximum absolute atomic E-state index is 12.8. The molecule has 1 aromatic carbocycles. The smallest absolute Gasteiger partial charge is 0.399 e. The summed E-state index contributed by atoms with van der Waals surface area (Å²) in [6, 6.07) is 7.64. The van der Waals surface area contributed by atoms with Gasteiger partial charge in [0, 0.05) is 31.7 Å². The molecule has 2 aliphatic rings. The van der Waals surface area contributed by atoms with E-state index >= 15 is 0 Å². The van der Waals surface area contributed by atoms with Crippen molar-refractivity contribution < 1.29 is 14.1 Å². The fourth-order valence-corrected chi connectivity index (χ4v) is 2.99. The Balaban J connectivity index is 1.77. The Morgan fingerprint density at radius 2 is 1.62 bits per heavy atom. The lowest BCUT2D eigenvalue weighted by atomic mass is 9.78. The number of rotatable bonds is 2. The van der Waals surface area contributed by atoms with Gasteiger partial charge in [-0.3, -0.25) is 4.79 Å². The van der Waals surface area contributed by atoms with Gasteiger partial charge in [-0.2, -0.15) is 0 Å². The first kappa shape index (κ1) is 17.5. The Labute approximate surface area is 145 Å². The molecule has 24 heavy (non-hydrogen) atoms. The molecule has 0 saturated carbocycles. The van der Waals surface area contributed by atoms with Crippen LogP contribution in [0.2, 0.25) is 0 Å². The number of nitrogens with zero attached hydrogens (tertiary/aromatic N) is 2. The van der Waals surface area contributed by atoms with Gasteiger partial charge in [-0.05, 0) is 52.3 Å². The molecular formula is C18H27BN2O3. The molecule has 0 spiro atoms. The molecule has 0 aromatic heterocycles. The van der Waals surface area contributed by atoms with Gasteiger partial charge in [0.1, 0.15) is 0 Å². The highest BCUT2D eigenvalue weighted by Gasteiger charge is 2.51. The lowest BCUT2D eigenvalue weighted by Crippen LogP contribution is -2.47. The molecule has 0 unspecified atom stereocenters. The van der Waals surface area contributed by atoms with Gasteiger partial charge in [-0.15, -0.1) is 0 Å². The topological polar surface area (TPSA) is 42.0 Å². The second kappa shape index (κ2) is 6.17. The van der Waals surface area contributed by atoms with Crippen molar-refractivity contribution in [2.75, 3.05) is 33.2 Å². The molecule has 2 heterocycles. The molecule has 3 rings (SSSR count). The lowest BCUT2D eigenvalue weighted by molar-refractivity contribution is 0.00578. The Hall–Kier alpha value is -1.37. The zero-order valence-corrected chi connectivity index (χ0v) is 15.3. The summed E-state index contributed by atoms with van der Waals surface area (Å²) in [5, 5.41) is 0. The molecule has 0 bridgehead atoms. The number of benzene rings is 1. The predicted octanol–water partition coefficient (Wildman–Crippen LogP) is 1.37. The van der Waals surface area contributed by atoms with Gasteiger partial charge in [0.05, 0.1) is 11.2 Å². The zero-order chi connectivity index (χ0) is 17.5. The van der Waals surface area contributed by atoms with E-state index in [1.165, 1.54) is 0 Å². The number of hydrogen-bond acceptors (Lipinski definition) is 4. The van der Waals surface area contributed by atoms with Crippen LogP contribution in [0.5, 0.6) is 0 Å². The maximum atomic E-state index is 12.8. The van der Waals surface area contributed by atoms with Crippen LogP contribution in [0, 0.1) is 0 Å². The predicted molar refractivity (Wildman–Crippen MR) is 95.6 cm³/mol. The summed E-state index contributed by atoms with van der Waals surface area (Å²) in [6.45, 7) is 11.5. The van der Waals surface area contributed by atoms with Crippen LogP contribution in [0.4, 0.5) is 0 Å². The third kappa shape index (κ3) is 3.23. The molecule has 2 aliphatic heterocycles. The Kier molecular flexibility index (Phi) is 4.49. The Morgan fingerprint density at radius 3 is 2.21 bits per heavy atom. The van der Waals surface area contributed by atoms with Crippen LogP contribution in [0.3, 0.4) is 0 Å². The molecule has 0 aliphatic carbocycles. The fraction of sp³-hybridized carbons (Fsp3) is 0.611. The summed E-state index contributed by atoms with van der Waals surface area (Å²) in [7, 11) is 1.65. The first-order valence-electron chi connectivity index (χ1n) is 8.63. The second-order valence-electron chi connectivity index (χ2n) is 7.81. The summed E-state index contributed by atoms with van der Waals surface area (Å²) < 4.78 is 12.2. The van der Waals surface area contributed by atoms with Crippen LogP contribution >= 0.6 is 0 Å². The number of piperazine rings is 1. The van der Waals surface area contributed by atoms with Crippen molar-refractivity contribution in [2.24, 2.45) is 0 Å². The van der Waals surface area contributed by atoms with Crippen LogP contribution in [-0.4, -0.2) is 67.3 Å². The average molecular weight is 330 g/mol. The minimum absolute atomic E-state index is 0.0847. The van der Waals surface area contributed by atoms with Gasteiger partial charge < -0.3 is 19.1 Å². The highest BCUT2D eigenvalue weighted by molar-refractivity contribution is 6.62. The number of carbonyl (C=O) groups is 1. The fourth-order valence-electron chi connectivity index (χ4n) is 2.99. The summed E-state index contributed by atoms with van der Waals surface area (Å²) in [5.41, 5.74) is 0.838. The van der Waals surface area contributed by atoms with Crippen LogP contribution in [0.15, 0.2) is 24.3 Å². The number of amides is 1. The van der Waals surface area contributed by atoms with E-state index in [2.05, 4.69) is 11.9 Å². The van der Waals surface area contributed by atoms with E-state index < -0.39 is 7.12 Å². The third-order valence-corrected chi connectivity index (χ3v) is 5.45. The van der Waals surface area contributed by atoms with Gasteiger partial charge in [0.2, 0.25) is 0 Å². The standard InChI is InChI=1S/C18H27BN2O3/c1-17(2)18(3,4)24-19(23-17)15-8-6-7-14(13-15)16(22)21-11-9-20(5)10-12-21/h6-8,13H,9-12H2,1-5H3. The summed E-state index contributed by atoms with van der Waals surface area (Å²) >= 11 is 0. The van der Waals surface area contributed by atoms with Gasteiger partial charge >= 0.3 is 7.12 Å². The van der Waals surface area contributed by atoms with Crippen LogP contribution in [0.25, 0.3) is 0 Å². The lowest BCUT2D eigenvalue weighted by Gasteiger charge is -2.32. The van der Waals surface area contributed by atoms with Crippen LogP contribution < -0.4 is 5.46 Å². The SMILES string of the molecule is CN1CCN(C(=O)c2cccc(B3OC(C)(C)C(C)(C)O3)c2)CC1. The van der Waals surface area contributed by atoms with Crippen LogP contribution in [0.1, 0.15) is 38.1 Å². The normalized spacial score (nSPS) is 23.5. The summed E-state index contributed by atoms with van der Waals surface area (Å²) in [6.07, 6.45) is 0. The molecule has 2 saturated heterocycles. The quantitative estimate of drug-likeness (QED) is 0.768. The van der Waals surface area contributed by atoms with Crippen molar-refractivity contribution in [3.63, 3.8) is 0 Å². The van der Waals surface area contributed by atoms with Gasteiger partial charge in [0.15, 0.2) is 0 Å². The highest BCUT2D eigenvalue weighted by Crippen LogP contribution is 2.36. The van der Waals surface area contributed by atoms with E-state index in [0.29, 0.717) is 5.56 Å². The molecule has 1 aromatic rings. The molecule has 5 nitrogen and oxygen atoms in total. The number of likely N-dealkylation sites (N-methyl/N-ethyl adjacent to an activating group) is 1. The van der Waals surface area contributed by atoms with Crippen molar-refractivity contribution in [2.45, 2.75) is 38.9 Å². The third-order valence-electron chi connectivity index (χ3n) is 5.45. The van der Waals surface area contributed by atoms with Gasteiger partial charge in [-0.1, -0.05) is 12.1 Å². The maximum Gasteiger partial charge on any atom is 0.494 e. The van der Waals surface area contributed by atoms with E-state index in [1.807, 2.05) is 56.9 Å².